The maximum atomic E-state index is 5.19. The minimum atomic E-state index is 0.639. The van der Waals surface area contributed by atoms with Crippen LogP contribution in [0.2, 0.25) is 0 Å². The van der Waals surface area contributed by atoms with Crippen LogP contribution in [0.3, 0.4) is 0 Å². The fraction of sp³-hybridized carbons (Fsp3) is 0. The molecule has 1 aromatic heterocycles. The highest BCUT2D eigenvalue weighted by atomic mass is 15.0. The summed E-state index contributed by atoms with van der Waals surface area (Å²) < 4.78 is 0. The Bertz CT molecular complexity index is 2980. The SMILES string of the molecule is c1ccc(-c2cccc(-c3ccc4cc(-c5nc(-c6ccccc6)nc(-c6cc(-c7cccc8ccccc78)c7ccccc7c6)n5)ccc4c3)c2)cc1. The Balaban J connectivity index is 1.10. The van der Waals surface area contributed by atoms with Crippen molar-refractivity contribution < 1.29 is 0 Å². The zero-order valence-electron chi connectivity index (χ0n) is 29.4. The third kappa shape index (κ3) is 5.88. The molecule has 0 fully saturated rings. The molecule has 0 aliphatic heterocycles. The van der Waals surface area contributed by atoms with Gasteiger partial charge in [0.15, 0.2) is 17.5 Å². The summed E-state index contributed by atoms with van der Waals surface area (Å²) in [6, 6.07) is 70.7. The first-order valence-electron chi connectivity index (χ1n) is 18.3. The molecule has 0 saturated heterocycles. The van der Waals surface area contributed by atoms with Crippen LogP contribution in [0.5, 0.6) is 0 Å². The molecule has 10 rings (SSSR count). The van der Waals surface area contributed by atoms with E-state index in [1.165, 1.54) is 44.0 Å². The van der Waals surface area contributed by atoms with Gasteiger partial charge in [0.25, 0.3) is 0 Å². The molecule has 1 heterocycles. The molecule has 0 unspecified atom stereocenters. The normalized spacial score (nSPS) is 11.3. The Labute approximate surface area is 313 Å². The Kier molecular flexibility index (Phi) is 7.81. The molecule has 9 aromatic carbocycles. The highest BCUT2D eigenvalue weighted by molar-refractivity contribution is 6.07. The lowest BCUT2D eigenvalue weighted by Gasteiger charge is -2.14. The maximum absolute atomic E-state index is 5.19. The smallest absolute Gasteiger partial charge is 0.164 e. The van der Waals surface area contributed by atoms with Crippen LogP contribution < -0.4 is 0 Å². The summed E-state index contributed by atoms with van der Waals surface area (Å²) in [6.07, 6.45) is 0. The molecule has 54 heavy (non-hydrogen) atoms. The van der Waals surface area contributed by atoms with Crippen molar-refractivity contribution in [1.29, 1.82) is 0 Å². The van der Waals surface area contributed by atoms with E-state index < -0.39 is 0 Å². The monoisotopic (exact) mass is 687 g/mol. The number of fused-ring (bicyclic) bond motifs is 3. The first-order valence-corrected chi connectivity index (χ1v) is 18.3. The van der Waals surface area contributed by atoms with Gasteiger partial charge in [0, 0.05) is 16.7 Å². The zero-order valence-corrected chi connectivity index (χ0v) is 29.4. The molecule has 252 valence electrons. The third-order valence-electron chi connectivity index (χ3n) is 10.3. The van der Waals surface area contributed by atoms with Crippen molar-refractivity contribution in [2.75, 3.05) is 0 Å². The van der Waals surface area contributed by atoms with Crippen molar-refractivity contribution in [2.24, 2.45) is 0 Å². The van der Waals surface area contributed by atoms with Gasteiger partial charge in [-0.2, -0.15) is 0 Å². The molecule has 3 heteroatoms. The number of rotatable bonds is 6. The van der Waals surface area contributed by atoms with Crippen LogP contribution in [0.15, 0.2) is 200 Å². The highest BCUT2D eigenvalue weighted by Gasteiger charge is 2.16. The van der Waals surface area contributed by atoms with Crippen LogP contribution in [0, 0.1) is 0 Å². The Morgan fingerprint density at radius 2 is 0.685 bits per heavy atom. The van der Waals surface area contributed by atoms with E-state index >= 15 is 0 Å². The highest BCUT2D eigenvalue weighted by Crippen LogP contribution is 2.38. The van der Waals surface area contributed by atoms with Gasteiger partial charge in [-0.1, -0.05) is 170 Å². The second-order valence-corrected chi connectivity index (χ2v) is 13.7. The fourth-order valence-electron chi connectivity index (χ4n) is 7.55. The summed E-state index contributed by atoms with van der Waals surface area (Å²) >= 11 is 0. The Morgan fingerprint density at radius 3 is 1.43 bits per heavy atom. The van der Waals surface area contributed by atoms with Gasteiger partial charge in [0.2, 0.25) is 0 Å². The van der Waals surface area contributed by atoms with Crippen LogP contribution in [-0.4, -0.2) is 15.0 Å². The lowest BCUT2D eigenvalue weighted by molar-refractivity contribution is 1.08. The van der Waals surface area contributed by atoms with E-state index in [-0.39, 0.29) is 0 Å². The van der Waals surface area contributed by atoms with E-state index in [0.29, 0.717) is 17.5 Å². The van der Waals surface area contributed by atoms with Crippen molar-refractivity contribution >= 4 is 32.3 Å². The molecule has 0 aliphatic rings. The van der Waals surface area contributed by atoms with E-state index in [1.54, 1.807) is 0 Å². The summed E-state index contributed by atoms with van der Waals surface area (Å²) in [6.45, 7) is 0. The molecule has 0 amide bonds. The van der Waals surface area contributed by atoms with Crippen molar-refractivity contribution in [2.45, 2.75) is 0 Å². The second kappa shape index (κ2) is 13.4. The molecule has 3 nitrogen and oxygen atoms in total. The average Bonchev–Trinajstić information content (AvgIpc) is 3.26. The summed E-state index contributed by atoms with van der Waals surface area (Å²) in [5, 5.41) is 7.04. The lowest BCUT2D eigenvalue weighted by Crippen LogP contribution is -2.00. The van der Waals surface area contributed by atoms with Gasteiger partial charge in [-0.25, -0.2) is 15.0 Å². The molecule has 0 atom stereocenters. The number of hydrogen-bond acceptors (Lipinski definition) is 3. The number of aromatic nitrogens is 3. The van der Waals surface area contributed by atoms with Crippen LogP contribution in [0.4, 0.5) is 0 Å². The molecule has 0 N–H and O–H groups in total. The van der Waals surface area contributed by atoms with Gasteiger partial charge in [0.1, 0.15) is 0 Å². The lowest BCUT2D eigenvalue weighted by atomic mass is 9.92. The van der Waals surface area contributed by atoms with E-state index in [1.807, 2.05) is 18.2 Å². The molecule has 0 radical (unpaired) electrons. The Hall–Kier alpha value is -7.23. The van der Waals surface area contributed by atoms with Gasteiger partial charge in [-0.15, -0.1) is 0 Å². The van der Waals surface area contributed by atoms with Crippen molar-refractivity contribution in [3.8, 4) is 67.5 Å². The van der Waals surface area contributed by atoms with Crippen molar-refractivity contribution in [1.82, 2.24) is 15.0 Å². The predicted molar refractivity (Wildman–Crippen MR) is 225 cm³/mol. The van der Waals surface area contributed by atoms with Crippen molar-refractivity contribution in [3.63, 3.8) is 0 Å². The molecule has 0 aliphatic carbocycles. The number of nitrogens with zero attached hydrogens (tertiary/aromatic N) is 3. The van der Waals surface area contributed by atoms with Gasteiger partial charge >= 0.3 is 0 Å². The third-order valence-corrected chi connectivity index (χ3v) is 10.3. The van der Waals surface area contributed by atoms with Gasteiger partial charge < -0.3 is 0 Å². The van der Waals surface area contributed by atoms with E-state index in [4.69, 9.17) is 15.0 Å². The zero-order chi connectivity index (χ0) is 35.8. The minimum absolute atomic E-state index is 0.639. The van der Waals surface area contributed by atoms with Gasteiger partial charge in [0.05, 0.1) is 0 Å². The number of hydrogen-bond donors (Lipinski definition) is 0. The van der Waals surface area contributed by atoms with Gasteiger partial charge in [-0.05, 0) is 96.0 Å². The van der Waals surface area contributed by atoms with E-state index in [0.717, 1.165) is 38.4 Å². The summed E-state index contributed by atoms with van der Waals surface area (Å²) in [4.78, 5) is 15.4. The Morgan fingerprint density at radius 1 is 0.222 bits per heavy atom. The summed E-state index contributed by atoms with van der Waals surface area (Å²) in [5.74, 6) is 1.92. The minimum Gasteiger partial charge on any atom is -0.208 e. The van der Waals surface area contributed by atoms with Crippen LogP contribution >= 0.6 is 0 Å². The first kappa shape index (κ1) is 31.5. The molecule has 0 saturated carbocycles. The second-order valence-electron chi connectivity index (χ2n) is 13.7. The van der Waals surface area contributed by atoms with E-state index in [9.17, 15) is 0 Å². The first-order chi connectivity index (χ1) is 26.7. The summed E-state index contributed by atoms with van der Waals surface area (Å²) in [7, 11) is 0. The fourth-order valence-corrected chi connectivity index (χ4v) is 7.55. The largest absolute Gasteiger partial charge is 0.208 e. The molecule has 0 spiro atoms. The van der Waals surface area contributed by atoms with Gasteiger partial charge in [-0.3, -0.25) is 0 Å². The molecular formula is C51H33N3. The standard InChI is InChI=1S/C51H33N3/c1-3-13-34(14-4-1)37-20-11-21-38(29-37)39-25-26-41-31-43(28-27-40(41)30-39)50-52-49(36-16-5-2-6-17-36)53-51(54-50)44-32-42-18-8-10-23-46(42)48(33-44)47-24-12-19-35-15-7-9-22-45(35)47/h1-33H. The maximum Gasteiger partial charge on any atom is 0.164 e. The average molecular weight is 688 g/mol. The molecular weight excluding hydrogens is 655 g/mol. The van der Waals surface area contributed by atoms with Crippen LogP contribution in [0.1, 0.15) is 0 Å². The van der Waals surface area contributed by atoms with E-state index in [2.05, 4.69) is 182 Å². The molecule has 0 bridgehead atoms. The van der Waals surface area contributed by atoms with Crippen LogP contribution in [-0.2, 0) is 0 Å². The predicted octanol–water partition coefficient (Wildman–Crippen LogP) is 13.3. The molecule has 10 aromatic rings. The van der Waals surface area contributed by atoms with Crippen molar-refractivity contribution in [3.05, 3.63) is 200 Å². The quantitative estimate of drug-likeness (QED) is 0.175. The summed E-state index contributed by atoms with van der Waals surface area (Å²) in [5.41, 5.74) is 9.96. The topological polar surface area (TPSA) is 38.7 Å². The number of benzene rings is 9. The van der Waals surface area contributed by atoms with Crippen LogP contribution in [0.25, 0.3) is 99.9 Å².